The number of carbonyl (C=O) groups excluding carboxylic acids is 1. The molecule has 0 saturated carbocycles. The quantitative estimate of drug-likeness (QED) is 0.543. The smallest absolute Gasteiger partial charge is 0.405 e. The predicted octanol–water partition coefficient (Wildman–Crippen LogP) is 5.89. The fourth-order valence-corrected chi connectivity index (χ4v) is 3.25. The largest absolute Gasteiger partial charge is 0.441 e. The van der Waals surface area contributed by atoms with Crippen molar-refractivity contribution in [3.63, 3.8) is 0 Å². The molecule has 4 heteroatoms. The summed E-state index contributed by atoms with van der Waals surface area (Å²) >= 11 is 0. The molecule has 29 heavy (non-hydrogen) atoms. The van der Waals surface area contributed by atoms with Crippen molar-refractivity contribution in [1.29, 1.82) is 0 Å². The zero-order valence-corrected chi connectivity index (χ0v) is 18.6. The Morgan fingerprint density at radius 2 is 1.62 bits per heavy atom. The van der Waals surface area contributed by atoms with Crippen molar-refractivity contribution < 1.29 is 9.53 Å². The van der Waals surface area contributed by atoms with Crippen LogP contribution in [-0.2, 0) is 11.2 Å². The van der Waals surface area contributed by atoms with E-state index in [-0.39, 0.29) is 6.10 Å². The monoisotopic (exact) mass is 398 g/mol. The van der Waals surface area contributed by atoms with Gasteiger partial charge in [-0.25, -0.2) is 4.79 Å². The summed E-state index contributed by atoms with van der Waals surface area (Å²) in [6.07, 6.45) is 3.04. The molecule has 0 aliphatic rings. The number of carbonyl (C=O) groups is 1. The van der Waals surface area contributed by atoms with E-state index in [1.54, 1.807) is 0 Å². The van der Waals surface area contributed by atoms with Crippen LogP contribution < -0.4 is 5.73 Å². The highest BCUT2D eigenvalue weighted by atomic mass is 16.6. The summed E-state index contributed by atoms with van der Waals surface area (Å²) < 4.78 is 5.35. The molecule has 0 heterocycles. The Labute approximate surface area is 177 Å². The summed E-state index contributed by atoms with van der Waals surface area (Å²) in [5, 5.41) is 0. The third kappa shape index (κ3) is 10.7. The van der Waals surface area contributed by atoms with E-state index in [2.05, 4.69) is 56.9 Å². The Kier molecular flexibility index (Phi) is 12.5. The number of primary amides is 1. The van der Waals surface area contributed by atoms with E-state index in [1.165, 1.54) is 11.1 Å². The van der Waals surface area contributed by atoms with Crippen LogP contribution in [0.3, 0.4) is 0 Å². The van der Waals surface area contributed by atoms with Crippen LogP contribution in [0, 0.1) is 6.92 Å². The molecule has 0 aliphatic carbocycles. The number of rotatable bonds is 10. The second-order valence-corrected chi connectivity index (χ2v) is 7.31. The van der Waals surface area contributed by atoms with Gasteiger partial charge in [0.15, 0.2) is 0 Å². The Bertz CT molecular complexity index is 682. The van der Waals surface area contributed by atoms with Crippen molar-refractivity contribution in [2.45, 2.75) is 59.5 Å². The molecule has 4 nitrogen and oxygen atoms in total. The van der Waals surface area contributed by atoms with Crippen LogP contribution in [0.2, 0.25) is 0 Å². The molecule has 0 saturated heterocycles. The van der Waals surface area contributed by atoms with Gasteiger partial charge in [-0.1, -0.05) is 80.9 Å². The Balaban J connectivity index is 0.000000502. The highest BCUT2D eigenvalue weighted by Gasteiger charge is 2.17. The van der Waals surface area contributed by atoms with Crippen LogP contribution in [0.4, 0.5) is 4.79 Å². The van der Waals surface area contributed by atoms with Gasteiger partial charge in [-0.3, -0.25) is 0 Å². The number of hydrogen-bond acceptors (Lipinski definition) is 3. The van der Waals surface area contributed by atoms with Crippen LogP contribution in [0.15, 0.2) is 54.6 Å². The predicted molar refractivity (Wildman–Crippen MR) is 122 cm³/mol. The molecule has 0 bridgehead atoms. The van der Waals surface area contributed by atoms with E-state index >= 15 is 0 Å². The number of nitrogens with two attached hydrogens (primary N) is 1. The average molecular weight is 399 g/mol. The first-order valence-electron chi connectivity index (χ1n) is 10.8. The van der Waals surface area contributed by atoms with Crippen molar-refractivity contribution in [2.24, 2.45) is 5.73 Å². The third-order valence-electron chi connectivity index (χ3n) is 4.72. The molecular formula is C25H38N2O2. The van der Waals surface area contributed by atoms with Crippen LogP contribution in [-0.4, -0.2) is 30.6 Å². The molecule has 0 aromatic heterocycles. The first-order valence-corrected chi connectivity index (χ1v) is 10.8. The summed E-state index contributed by atoms with van der Waals surface area (Å²) in [7, 11) is 0. The highest BCUT2D eigenvalue weighted by molar-refractivity contribution is 5.65. The number of nitrogens with zero attached hydrogens (tertiary/aromatic N) is 1. The lowest BCUT2D eigenvalue weighted by Crippen LogP contribution is -2.29. The maximum absolute atomic E-state index is 11.2. The summed E-state index contributed by atoms with van der Waals surface area (Å²) in [6.45, 7) is 11.6. The van der Waals surface area contributed by atoms with E-state index in [0.717, 1.165) is 50.9 Å². The maximum Gasteiger partial charge on any atom is 0.405 e. The normalized spacial score (nSPS) is 11.5. The van der Waals surface area contributed by atoms with Crippen LogP contribution in [0.1, 0.15) is 62.8 Å². The number of amides is 1. The third-order valence-corrected chi connectivity index (χ3v) is 4.72. The highest BCUT2D eigenvalue weighted by Crippen LogP contribution is 2.23. The Morgan fingerprint density at radius 3 is 2.10 bits per heavy atom. The average Bonchev–Trinajstić information content (AvgIpc) is 2.72. The van der Waals surface area contributed by atoms with Crippen molar-refractivity contribution in [2.75, 3.05) is 19.6 Å². The molecule has 1 unspecified atom stereocenters. The lowest BCUT2D eigenvalue weighted by molar-refractivity contribution is 0.0917. The van der Waals surface area contributed by atoms with E-state index < -0.39 is 6.09 Å². The summed E-state index contributed by atoms with van der Waals surface area (Å²) in [5.41, 5.74) is 8.85. The molecule has 2 N–H and O–H groups in total. The standard InChI is InChI=1S/C18H30N2O2.C7H8/c1-4-11-20(12-5-2)13-10-17(22-18(19)21)16-9-7-8-15(6-3)14-16;1-7-5-3-2-4-6-7/h7-9,14,17H,4-6,10-13H2,1-3H3,(H2,19,21);2-6H,1H3. The Morgan fingerprint density at radius 1 is 0.966 bits per heavy atom. The molecule has 1 amide bonds. The van der Waals surface area contributed by atoms with Gasteiger partial charge < -0.3 is 15.4 Å². The van der Waals surface area contributed by atoms with Crippen LogP contribution >= 0.6 is 0 Å². The molecule has 2 aromatic rings. The van der Waals surface area contributed by atoms with E-state index in [4.69, 9.17) is 10.5 Å². The summed E-state index contributed by atoms with van der Waals surface area (Å²) in [4.78, 5) is 13.6. The number of ether oxygens (including phenoxy) is 1. The summed E-state index contributed by atoms with van der Waals surface area (Å²) in [5.74, 6) is 0. The fourth-order valence-electron chi connectivity index (χ4n) is 3.25. The van der Waals surface area contributed by atoms with E-state index in [9.17, 15) is 4.79 Å². The molecule has 2 aromatic carbocycles. The first-order chi connectivity index (χ1) is 14.0. The van der Waals surface area contributed by atoms with Gasteiger partial charge in [0, 0.05) is 13.0 Å². The lowest BCUT2D eigenvalue weighted by atomic mass is 10.0. The van der Waals surface area contributed by atoms with Gasteiger partial charge in [0.25, 0.3) is 0 Å². The molecule has 0 aliphatic heterocycles. The molecule has 0 radical (unpaired) electrons. The molecular weight excluding hydrogens is 360 g/mol. The molecule has 0 spiro atoms. The van der Waals surface area contributed by atoms with Gasteiger partial charge in [0.2, 0.25) is 0 Å². The molecule has 1 atom stereocenters. The molecule has 0 fully saturated rings. The Hall–Kier alpha value is -2.33. The van der Waals surface area contributed by atoms with Gasteiger partial charge in [-0.15, -0.1) is 0 Å². The lowest BCUT2D eigenvalue weighted by Gasteiger charge is -2.24. The van der Waals surface area contributed by atoms with E-state index in [0.29, 0.717) is 0 Å². The number of aryl methyl sites for hydroxylation is 2. The zero-order valence-electron chi connectivity index (χ0n) is 18.6. The minimum atomic E-state index is -0.704. The molecule has 160 valence electrons. The first kappa shape index (κ1) is 24.7. The molecule has 2 rings (SSSR count). The van der Waals surface area contributed by atoms with E-state index in [1.807, 2.05) is 30.3 Å². The second-order valence-electron chi connectivity index (χ2n) is 7.31. The number of benzene rings is 2. The zero-order chi connectivity index (χ0) is 21.5. The van der Waals surface area contributed by atoms with Crippen LogP contribution in [0.5, 0.6) is 0 Å². The van der Waals surface area contributed by atoms with Crippen molar-refractivity contribution in [1.82, 2.24) is 4.90 Å². The SMILES string of the molecule is CCCN(CCC)CCC(OC(N)=O)c1cccc(CC)c1.Cc1ccccc1. The van der Waals surface area contributed by atoms with Gasteiger partial charge in [0.05, 0.1) is 0 Å². The maximum atomic E-state index is 11.2. The minimum Gasteiger partial charge on any atom is -0.441 e. The number of hydrogen-bond donors (Lipinski definition) is 1. The summed E-state index contributed by atoms with van der Waals surface area (Å²) in [6, 6.07) is 18.5. The van der Waals surface area contributed by atoms with Gasteiger partial charge in [-0.05, 0) is 50.4 Å². The van der Waals surface area contributed by atoms with Gasteiger partial charge >= 0.3 is 6.09 Å². The van der Waals surface area contributed by atoms with Crippen molar-refractivity contribution >= 4 is 6.09 Å². The second kappa shape index (κ2) is 14.6. The van der Waals surface area contributed by atoms with Crippen molar-refractivity contribution in [3.05, 3.63) is 71.3 Å². The topological polar surface area (TPSA) is 55.6 Å². The minimum absolute atomic E-state index is 0.264. The van der Waals surface area contributed by atoms with Gasteiger partial charge in [-0.2, -0.15) is 0 Å². The fraction of sp³-hybridized carbons (Fsp3) is 0.480. The van der Waals surface area contributed by atoms with Crippen molar-refractivity contribution in [3.8, 4) is 0 Å². The van der Waals surface area contributed by atoms with Crippen LogP contribution in [0.25, 0.3) is 0 Å². The van der Waals surface area contributed by atoms with Gasteiger partial charge in [0.1, 0.15) is 6.10 Å².